The Hall–Kier alpha value is -1.92. The molecule has 2 aliphatic rings. The van der Waals surface area contributed by atoms with Crippen LogP contribution in [0.25, 0.3) is 0 Å². The molecular formula is C18H22ClFN4O. The van der Waals surface area contributed by atoms with E-state index in [1.54, 1.807) is 0 Å². The minimum absolute atomic E-state index is 0. The van der Waals surface area contributed by atoms with Gasteiger partial charge in [0.25, 0.3) is 5.91 Å². The summed E-state index contributed by atoms with van der Waals surface area (Å²) in [5, 5.41) is 10.6. The van der Waals surface area contributed by atoms with Gasteiger partial charge < -0.3 is 10.2 Å². The van der Waals surface area contributed by atoms with Crippen LogP contribution in [-0.4, -0.2) is 40.6 Å². The zero-order chi connectivity index (χ0) is 16.5. The molecule has 1 fully saturated rings. The number of hydrogen-bond acceptors (Lipinski definition) is 3. The molecule has 2 N–H and O–H groups in total. The molecule has 2 aliphatic heterocycles. The molecule has 1 aromatic heterocycles. The normalized spacial score (nSPS) is 19.4. The Kier molecular flexibility index (Phi) is 5.39. The second-order valence-electron chi connectivity index (χ2n) is 6.69. The molecule has 0 bridgehead atoms. The molecular weight excluding hydrogens is 343 g/mol. The van der Waals surface area contributed by atoms with Crippen LogP contribution < -0.4 is 5.32 Å². The summed E-state index contributed by atoms with van der Waals surface area (Å²) in [6, 6.07) is 6.65. The molecule has 0 spiro atoms. The van der Waals surface area contributed by atoms with Gasteiger partial charge in [-0.3, -0.25) is 9.89 Å². The van der Waals surface area contributed by atoms with Crippen LogP contribution in [-0.2, 0) is 19.4 Å². The van der Waals surface area contributed by atoms with Crippen molar-refractivity contribution in [1.29, 1.82) is 0 Å². The number of amides is 1. The highest BCUT2D eigenvalue weighted by Gasteiger charge is 2.31. The van der Waals surface area contributed by atoms with Gasteiger partial charge in [0.2, 0.25) is 0 Å². The first-order chi connectivity index (χ1) is 11.7. The number of hydrogen-bond donors (Lipinski definition) is 2. The third-order valence-electron chi connectivity index (χ3n) is 5.02. The number of carbonyl (C=O) groups excluding carboxylic acids is 1. The van der Waals surface area contributed by atoms with Crippen molar-refractivity contribution in [3.63, 3.8) is 0 Å². The van der Waals surface area contributed by atoms with E-state index in [0.717, 1.165) is 55.7 Å². The van der Waals surface area contributed by atoms with E-state index in [1.807, 2.05) is 17.0 Å². The Labute approximate surface area is 152 Å². The van der Waals surface area contributed by atoms with Crippen molar-refractivity contribution in [2.75, 3.05) is 19.6 Å². The highest BCUT2D eigenvalue weighted by molar-refractivity contribution is 5.94. The predicted molar refractivity (Wildman–Crippen MR) is 95.4 cm³/mol. The van der Waals surface area contributed by atoms with Gasteiger partial charge in [-0.1, -0.05) is 12.1 Å². The minimum Gasteiger partial charge on any atom is -0.337 e. The summed E-state index contributed by atoms with van der Waals surface area (Å²) in [7, 11) is 0. The SMILES string of the molecule is Cl.O=C(c1n[nH]c2c1CNCC2)N1CCC(Cc2ccc(F)cc2)C1. The van der Waals surface area contributed by atoms with Crippen molar-refractivity contribution >= 4 is 18.3 Å². The highest BCUT2D eigenvalue weighted by atomic mass is 35.5. The van der Waals surface area contributed by atoms with Gasteiger partial charge in [0, 0.05) is 43.9 Å². The number of halogens is 2. The van der Waals surface area contributed by atoms with E-state index in [2.05, 4.69) is 15.5 Å². The molecule has 0 radical (unpaired) electrons. The van der Waals surface area contributed by atoms with Gasteiger partial charge >= 0.3 is 0 Å². The average molecular weight is 365 g/mol. The van der Waals surface area contributed by atoms with Crippen LogP contribution >= 0.6 is 12.4 Å². The maximum absolute atomic E-state index is 13.0. The third kappa shape index (κ3) is 3.70. The number of aromatic amines is 1. The van der Waals surface area contributed by atoms with Crippen LogP contribution in [0.2, 0.25) is 0 Å². The lowest BCUT2D eigenvalue weighted by atomic mass is 9.99. The van der Waals surface area contributed by atoms with Gasteiger partial charge in [-0.15, -0.1) is 12.4 Å². The summed E-state index contributed by atoms with van der Waals surface area (Å²) in [5.74, 6) is 0.240. The molecule has 3 heterocycles. The van der Waals surface area contributed by atoms with Gasteiger partial charge in [-0.25, -0.2) is 4.39 Å². The van der Waals surface area contributed by atoms with Crippen molar-refractivity contribution < 1.29 is 9.18 Å². The number of carbonyl (C=O) groups is 1. The molecule has 1 aromatic carbocycles. The van der Waals surface area contributed by atoms with E-state index in [-0.39, 0.29) is 24.1 Å². The fourth-order valence-corrected chi connectivity index (χ4v) is 3.69. The first-order valence-corrected chi connectivity index (χ1v) is 8.51. The fourth-order valence-electron chi connectivity index (χ4n) is 3.69. The van der Waals surface area contributed by atoms with Crippen LogP contribution in [0.5, 0.6) is 0 Å². The summed E-state index contributed by atoms with van der Waals surface area (Å²) in [4.78, 5) is 14.7. The zero-order valence-corrected chi connectivity index (χ0v) is 14.7. The average Bonchev–Trinajstić information content (AvgIpc) is 3.23. The molecule has 134 valence electrons. The summed E-state index contributed by atoms with van der Waals surface area (Å²) in [6.45, 7) is 3.14. The first kappa shape index (κ1) is 17.9. The van der Waals surface area contributed by atoms with E-state index in [9.17, 15) is 9.18 Å². The van der Waals surface area contributed by atoms with Crippen molar-refractivity contribution in [2.24, 2.45) is 5.92 Å². The number of nitrogens with zero attached hydrogens (tertiary/aromatic N) is 2. The van der Waals surface area contributed by atoms with Crippen LogP contribution in [0.15, 0.2) is 24.3 Å². The number of H-pyrrole nitrogens is 1. The van der Waals surface area contributed by atoms with Gasteiger partial charge in [-0.2, -0.15) is 5.10 Å². The maximum atomic E-state index is 13.0. The smallest absolute Gasteiger partial charge is 0.274 e. The lowest BCUT2D eigenvalue weighted by Crippen LogP contribution is -2.31. The van der Waals surface area contributed by atoms with E-state index in [0.29, 0.717) is 18.2 Å². The van der Waals surface area contributed by atoms with Gasteiger partial charge in [0.15, 0.2) is 5.69 Å². The fraction of sp³-hybridized carbons (Fsp3) is 0.444. The van der Waals surface area contributed by atoms with Crippen molar-refractivity contribution in [3.05, 3.63) is 52.6 Å². The van der Waals surface area contributed by atoms with E-state index >= 15 is 0 Å². The predicted octanol–water partition coefficient (Wildman–Crippen LogP) is 2.32. The van der Waals surface area contributed by atoms with E-state index in [1.165, 1.54) is 12.1 Å². The molecule has 1 atom stereocenters. The molecule has 5 nitrogen and oxygen atoms in total. The largest absolute Gasteiger partial charge is 0.337 e. The molecule has 25 heavy (non-hydrogen) atoms. The standard InChI is InChI=1S/C18H21FN4O.ClH/c19-14-3-1-12(2-4-14)9-13-6-8-23(11-13)18(24)17-15-10-20-7-5-16(15)21-22-17;/h1-4,13,20H,5-11H2,(H,21,22);1H. The Morgan fingerprint density at radius 1 is 1.32 bits per heavy atom. The van der Waals surface area contributed by atoms with Crippen LogP contribution in [0.1, 0.15) is 33.7 Å². The third-order valence-corrected chi connectivity index (χ3v) is 5.02. The van der Waals surface area contributed by atoms with E-state index in [4.69, 9.17) is 0 Å². The molecule has 1 unspecified atom stereocenters. The maximum Gasteiger partial charge on any atom is 0.274 e. The highest BCUT2D eigenvalue weighted by Crippen LogP contribution is 2.24. The van der Waals surface area contributed by atoms with Gasteiger partial charge in [0.05, 0.1) is 0 Å². The zero-order valence-electron chi connectivity index (χ0n) is 13.9. The van der Waals surface area contributed by atoms with Crippen molar-refractivity contribution in [2.45, 2.75) is 25.8 Å². The molecule has 1 saturated heterocycles. The van der Waals surface area contributed by atoms with Crippen LogP contribution in [0, 0.1) is 11.7 Å². The van der Waals surface area contributed by atoms with Gasteiger partial charge in [0.1, 0.15) is 5.82 Å². The second kappa shape index (κ2) is 7.54. The summed E-state index contributed by atoms with van der Waals surface area (Å²) in [5.41, 5.74) is 3.80. The number of likely N-dealkylation sites (tertiary alicyclic amines) is 1. The Bertz CT molecular complexity index is 746. The Morgan fingerprint density at radius 3 is 2.92 bits per heavy atom. The topological polar surface area (TPSA) is 61.0 Å². The van der Waals surface area contributed by atoms with Crippen molar-refractivity contribution in [3.8, 4) is 0 Å². The molecule has 2 aromatic rings. The quantitative estimate of drug-likeness (QED) is 0.878. The molecule has 1 amide bonds. The Balaban J connectivity index is 0.00000182. The van der Waals surface area contributed by atoms with Crippen LogP contribution in [0.3, 0.4) is 0 Å². The number of fused-ring (bicyclic) bond motifs is 1. The lowest BCUT2D eigenvalue weighted by molar-refractivity contribution is 0.0780. The lowest BCUT2D eigenvalue weighted by Gasteiger charge is -2.18. The second-order valence-corrected chi connectivity index (χ2v) is 6.69. The number of benzene rings is 1. The summed E-state index contributed by atoms with van der Waals surface area (Å²) < 4.78 is 13.0. The Morgan fingerprint density at radius 2 is 2.12 bits per heavy atom. The first-order valence-electron chi connectivity index (χ1n) is 8.51. The molecule has 0 saturated carbocycles. The number of aromatic nitrogens is 2. The minimum atomic E-state index is -0.209. The molecule has 7 heteroatoms. The van der Waals surface area contributed by atoms with Gasteiger partial charge in [-0.05, 0) is 36.5 Å². The summed E-state index contributed by atoms with van der Waals surface area (Å²) in [6.07, 6.45) is 2.75. The molecule has 0 aliphatic carbocycles. The summed E-state index contributed by atoms with van der Waals surface area (Å²) >= 11 is 0. The van der Waals surface area contributed by atoms with E-state index < -0.39 is 0 Å². The monoisotopic (exact) mass is 364 g/mol. The molecule has 4 rings (SSSR count). The van der Waals surface area contributed by atoms with Crippen molar-refractivity contribution in [1.82, 2.24) is 20.4 Å². The van der Waals surface area contributed by atoms with Crippen LogP contribution in [0.4, 0.5) is 4.39 Å². The number of nitrogens with one attached hydrogen (secondary N) is 2. The number of rotatable bonds is 3.